The summed E-state index contributed by atoms with van der Waals surface area (Å²) >= 11 is 0. The van der Waals surface area contributed by atoms with Crippen molar-refractivity contribution in [3.8, 4) is 0 Å². The van der Waals surface area contributed by atoms with Crippen molar-refractivity contribution < 1.29 is 9.59 Å². The van der Waals surface area contributed by atoms with E-state index in [9.17, 15) is 9.59 Å². The van der Waals surface area contributed by atoms with Gasteiger partial charge in [-0.2, -0.15) is 0 Å². The fourth-order valence-corrected chi connectivity index (χ4v) is 2.52. The second-order valence-corrected chi connectivity index (χ2v) is 5.18. The van der Waals surface area contributed by atoms with Crippen molar-refractivity contribution in [2.45, 2.75) is 39.0 Å². The Hall–Kier alpha value is -1.84. The zero-order chi connectivity index (χ0) is 14.4. The Morgan fingerprint density at radius 1 is 1.25 bits per heavy atom. The Balaban J connectivity index is 1.96. The molecule has 0 bridgehead atoms. The van der Waals surface area contributed by atoms with Gasteiger partial charge in [0.25, 0.3) is 0 Å². The first-order chi connectivity index (χ1) is 9.70. The number of carbonyl (C=O) groups is 2. The molecule has 1 aliphatic heterocycles. The van der Waals surface area contributed by atoms with Gasteiger partial charge in [-0.05, 0) is 30.9 Å². The van der Waals surface area contributed by atoms with Crippen LogP contribution in [0.5, 0.6) is 0 Å². The number of para-hydroxylation sites is 1. The lowest BCUT2D eigenvalue weighted by Crippen LogP contribution is -2.37. The molecule has 0 spiro atoms. The third-order valence-electron chi connectivity index (χ3n) is 3.68. The standard InChI is InChI=1S/C16H22N2O2/c1-2-13-8-5-6-9-14(13)17-15(19)12-18-11-7-3-4-10-16(18)20/h5-6,8-9H,2-4,7,10-12H2,1H3,(H,17,19). The summed E-state index contributed by atoms with van der Waals surface area (Å²) in [5, 5.41) is 2.92. The summed E-state index contributed by atoms with van der Waals surface area (Å²) < 4.78 is 0. The van der Waals surface area contributed by atoms with Crippen LogP contribution in [-0.2, 0) is 16.0 Å². The molecule has 2 amide bonds. The molecule has 108 valence electrons. The number of rotatable bonds is 4. The van der Waals surface area contributed by atoms with Crippen LogP contribution < -0.4 is 5.32 Å². The van der Waals surface area contributed by atoms with E-state index in [1.165, 1.54) is 0 Å². The number of hydrogen-bond acceptors (Lipinski definition) is 2. The van der Waals surface area contributed by atoms with Crippen LogP contribution in [0, 0.1) is 0 Å². The molecule has 1 aromatic carbocycles. The smallest absolute Gasteiger partial charge is 0.244 e. The van der Waals surface area contributed by atoms with Gasteiger partial charge in [0, 0.05) is 18.7 Å². The van der Waals surface area contributed by atoms with E-state index >= 15 is 0 Å². The quantitative estimate of drug-likeness (QED) is 0.917. The maximum atomic E-state index is 12.1. The number of nitrogens with one attached hydrogen (secondary N) is 1. The number of likely N-dealkylation sites (tertiary alicyclic amines) is 1. The van der Waals surface area contributed by atoms with Crippen molar-refractivity contribution in [3.05, 3.63) is 29.8 Å². The predicted octanol–water partition coefficient (Wildman–Crippen LogP) is 2.59. The Labute approximate surface area is 120 Å². The fraction of sp³-hybridized carbons (Fsp3) is 0.500. The minimum Gasteiger partial charge on any atom is -0.333 e. The molecule has 1 aliphatic rings. The van der Waals surface area contributed by atoms with E-state index < -0.39 is 0 Å². The molecule has 4 heteroatoms. The molecule has 1 saturated heterocycles. The monoisotopic (exact) mass is 274 g/mol. The predicted molar refractivity (Wildman–Crippen MR) is 79.5 cm³/mol. The number of carbonyl (C=O) groups excluding carboxylic acids is 2. The average molecular weight is 274 g/mol. The van der Waals surface area contributed by atoms with E-state index in [1.54, 1.807) is 4.90 Å². The van der Waals surface area contributed by atoms with Crippen LogP contribution >= 0.6 is 0 Å². The van der Waals surface area contributed by atoms with Gasteiger partial charge in [-0.3, -0.25) is 9.59 Å². The summed E-state index contributed by atoms with van der Waals surface area (Å²) in [6.45, 7) is 2.92. The number of amides is 2. The lowest BCUT2D eigenvalue weighted by atomic mass is 10.1. The first kappa shape index (κ1) is 14.6. The van der Waals surface area contributed by atoms with Crippen molar-refractivity contribution in [1.82, 2.24) is 4.90 Å². The van der Waals surface area contributed by atoms with Crippen LogP contribution in [0.25, 0.3) is 0 Å². The zero-order valence-corrected chi connectivity index (χ0v) is 12.0. The SMILES string of the molecule is CCc1ccccc1NC(=O)CN1CCCCCC1=O. The molecule has 1 aromatic rings. The summed E-state index contributed by atoms with van der Waals surface area (Å²) in [7, 11) is 0. The highest BCUT2D eigenvalue weighted by Gasteiger charge is 2.19. The van der Waals surface area contributed by atoms with E-state index in [0.29, 0.717) is 13.0 Å². The Morgan fingerprint density at radius 3 is 2.85 bits per heavy atom. The van der Waals surface area contributed by atoms with Gasteiger partial charge in [0.1, 0.15) is 0 Å². The summed E-state index contributed by atoms with van der Waals surface area (Å²) in [6, 6.07) is 7.78. The molecule has 0 saturated carbocycles. The summed E-state index contributed by atoms with van der Waals surface area (Å²) in [5.41, 5.74) is 1.96. The minimum atomic E-state index is -0.110. The molecule has 1 heterocycles. The summed E-state index contributed by atoms with van der Waals surface area (Å²) in [4.78, 5) is 25.7. The molecule has 1 N–H and O–H groups in total. The lowest BCUT2D eigenvalue weighted by Gasteiger charge is -2.20. The average Bonchev–Trinajstić information content (AvgIpc) is 2.65. The topological polar surface area (TPSA) is 49.4 Å². The first-order valence-electron chi connectivity index (χ1n) is 7.36. The molecule has 4 nitrogen and oxygen atoms in total. The van der Waals surface area contributed by atoms with Gasteiger partial charge < -0.3 is 10.2 Å². The van der Waals surface area contributed by atoms with E-state index in [0.717, 1.165) is 36.9 Å². The van der Waals surface area contributed by atoms with Gasteiger partial charge in [-0.1, -0.05) is 31.5 Å². The van der Waals surface area contributed by atoms with Gasteiger partial charge >= 0.3 is 0 Å². The molecule has 1 fully saturated rings. The van der Waals surface area contributed by atoms with Gasteiger partial charge in [0.05, 0.1) is 6.54 Å². The van der Waals surface area contributed by atoms with Crippen molar-refractivity contribution >= 4 is 17.5 Å². The maximum Gasteiger partial charge on any atom is 0.244 e. The fourth-order valence-electron chi connectivity index (χ4n) is 2.52. The molecule has 0 aliphatic carbocycles. The molecular formula is C16H22N2O2. The minimum absolute atomic E-state index is 0.0985. The van der Waals surface area contributed by atoms with Gasteiger partial charge in [-0.15, -0.1) is 0 Å². The van der Waals surface area contributed by atoms with Crippen molar-refractivity contribution in [2.75, 3.05) is 18.4 Å². The second-order valence-electron chi connectivity index (χ2n) is 5.18. The highest BCUT2D eigenvalue weighted by atomic mass is 16.2. The molecule has 0 atom stereocenters. The Morgan fingerprint density at radius 2 is 2.05 bits per heavy atom. The third-order valence-corrected chi connectivity index (χ3v) is 3.68. The summed E-state index contributed by atoms with van der Waals surface area (Å²) in [6.07, 6.45) is 4.45. The largest absolute Gasteiger partial charge is 0.333 e. The van der Waals surface area contributed by atoms with Crippen LogP contribution in [-0.4, -0.2) is 29.8 Å². The van der Waals surface area contributed by atoms with Gasteiger partial charge in [-0.25, -0.2) is 0 Å². The van der Waals surface area contributed by atoms with Crippen molar-refractivity contribution in [3.63, 3.8) is 0 Å². The van der Waals surface area contributed by atoms with Gasteiger partial charge in [0.15, 0.2) is 0 Å². The normalized spacial score (nSPS) is 15.8. The van der Waals surface area contributed by atoms with Crippen molar-refractivity contribution in [1.29, 1.82) is 0 Å². The van der Waals surface area contributed by atoms with E-state index in [4.69, 9.17) is 0 Å². The molecule has 0 radical (unpaired) electrons. The molecule has 0 aromatic heterocycles. The molecule has 2 rings (SSSR count). The van der Waals surface area contributed by atoms with Crippen LogP contribution in [0.1, 0.15) is 38.2 Å². The first-order valence-corrected chi connectivity index (χ1v) is 7.36. The van der Waals surface area contributed by atoms with Crippen LogP contribution in [0.3, 0.4) is 0 Å². The van der Waals surface area contributed by atoms with E-state index in [-0.39, 0.29) is 18.4 Å². The third kappa shape index (κ3) is 3.83. The van der Waals surface area contributed by atoms with E-state index in [1.807, 2.05) is 24.3 Å². The molecule has 20 heavy (non-hydrogen) atoms. The highest BCUT2D eigenvalue weighted by Crippen LogP contribution is 2.16. The summed E-state index contributed by atoms with van der Waals surface area (Å²) in [5.74, 6) is -0.0115. The maximum absolute atomic E-state index is 12.1. The van der Waals surface area contributed by atoms with Crippen LogP contribution in [0.2, 0.25) is 0 Å². The number of nitrogens with zero attached hydrogens (tertiary/aromatic N) is 1. The van der Waals surface area contributed by atoms with E-state index in [2.05, 4.69) is 12.2 Å². The highest BCUT2D eigenvalue weighted by molar-refractivity contribution is 5.95. The number of anilines is 1. The van der Waals surface area contributed by atoms with Crippen LogP contribution in [0.15, 0.2) is 24.3 Å². The van der Waals surface area contributed by atoms with Crippen LogP contribution in [0.4, 0.5) is 5.69 Å². The van der Waals surface area contributed by atoms with Gasteiger partial charge in [0.2, 0.25) is 11.8 Å². The Kier molecular flexibility index (Phi) is 5.16. The number of benzene rings is 1. The lowest BCUT2D eigenvalue weighted by molar-refractivity contribution is -0.134. The molecule has 0 unspecified atom stereocenters. The molecular weight excluding hydrogens is 252 g/mol. The van der Waals surface area contributed by atoms with Crippen molar-refractivity contribution in [2.24, 2.45) is 0 Å². The zero-order valence-electron chi connectivity index (χ0n) is 12.0. The number of aryl methyl sites for hydroxylation is 1. The Bertz CT molecular complexity index is 485. The second kappa shape index (κ2) is 7.08. The number of hydrogen-bond donors (Lipinski definition) is 1.